The molecule has 102 valence electrons. The topological polar surface area (TPSA) is 68.3 Å². The van der Waals surface area contributed by atoms with Crippen LogP contribution in [0.3, 0.4) is 0 Å². The van der Waals surface area contributed by atoms with Crippen molar-refractivity contribution in [1.29, 1.82) is 0 Å². The molecule has 0 unspecified atom stereocenters. The Morgan fingerprint density at radius 2 is 2.22 bits per heavy atom. The molecular weight excluding hydrogens is 296 g/mol. The van der Waals surface area contributed by atoms with Crippen molar-refractivity contribution in [3.63, 3.8) is 0 Å². The fraction of sp³-hybridized carbons (Fsp3) is 0.700. The van der Waals surface area contributed by atoms with Gasteiger partial charge in [0.25, 0.3) is 10.0 Å². The van der Waals surface area contributed by atoms with Crippen LogP contribution in [0, 0.1) is 6.92 Å². The summed E-state index contributed by atoms with van der Waals surface area (Å²) in [5.41, 5.74) is 0.0905. The second-order valence-corrected chi connectivity index (χ2v) is 7.95. The zero-order chi connectivity index (χ0) is 13.4. The van der Waals surface area contributed by atoms with Gasteiger partial charge in [0.05, 0.1) is 11.3 Å². The maximum atomic E-state index is 12.1. The van der Waals surface area contributed by atoms with Crippen molar-refractivity contribution in [2.24, 2.45) is 0 Å². The Balaban J connectivity index is 2.10. The Bertz CT molecular complexity index is 532. The number of aromatic nitrogens is 1. The van der Waals surface area contributed by atoms with E-state index in [0.717, 1.165) is 30.6 Å². The van der Waals surface area contributed by atoms with E-state index in [0.29, 0.717) is 12.2 Å². The molecule has 8 heteroatoms. The first kappa shape index (κ1) is 14.2. The maximum Gasteiger partial charge on any atom is 0.252 e. The van der Waals surface area contributed by atoms with Gasteiger partial charge in [0.1, 0.15) is 0 Å². The molecule has 5 nitrogen and oxygen atoms in total. The number of sulfonamides is 1. The highest BCUT2D eigenvalue weighted by Gasteiger charge is 2.38. The molecule has 0 radical (unpaired) electrons. The molecule has 0 saturated heterocycles. The van der Waals surface area contributed by atoms with Crippen molar-refractivity contribution in [2.75, 3.05) is 13.7 Å². The second kappa shape index (κ2) is 5.05. The van der Waals surface area contributed by atoms with Gasteiger partial charge >= 0.3 is 0 Å². The molecule has 0 spiro atoms. The van der Waals surface area contributed by atoms with Crippen LogP contribution in [0.25, 0.3) is 0 Å². The summed E-state index contributed by atoms with van der Waals surface area (Å²) in [4.78, 5) is 3.91. The Kier molecular flexibility index (Phi) is 3.99. The van der Waals surface area contributed by atoms with Crippen molar-refractivity contribution in [3.05, 3.63) is 10.2 Å². The predicted molar refractivity (Wildman–Crippen MR) is 70.6 cm³/mol. The number of nitrogens with one attached hydrogen (secondary N) is 1. The van der Waals surface area contributed by atoms with Gasteiger partial charge in [0, 0.05) is 13.7 Å². The Hall–Kier alpha value is -0.210. The molecule has 1 heterocycles. The second-order valence-electron chi connectivity index (χ2n) is 4.40. The minimum absolute atomic E-state index is 0.179. The van der Waals surface area contributed by atoms with E-state index >= 15 is 0 Å². The third-order valence-electron chi connectivity index (χ3n) is 3.25. The first-order valence-electron chi connectivity index (χ1n) is 5.56. The molecule has 0 atom stereocenters. The Morgan fingerprint density at radius 3 is 2.61 bits per heavy atom. The summed E-state index contributed by atoms with van der Waals surface area (Å²) in [5.74, 6) is 0. The van der Waals surface area contributed by atoms with Crippen molar-refractivity contribution in [2.45, 2.75) is 36.0 Å². The van der Waals surface area contributed by atoms with Gasteiger partial charge in [-0.1, -0.05) is 22.9 Å². The molecule has 1 aliphatic carbocycles. The molecule has 1 fully saturated rings. The van der Waals surface area contributed by atoms with Crippen LogP contribution in [0.2, 0.25) is 4.47 Å². The highest BCUT2D eigenvalue weighted by molar-refractivity contribution is 7.91. The third-order valence-corrected chi connectivity index (χ3v) is 6.53. The summed E-state index contributed by atoms with van der Waals surface area (Å²) in [7, 11) is -1.93. The molecular formula is C10H15ClN2O3S2. The average molecular weight is 311 g/mol. The number of ether oxygens (including phenoxy) is 1. The predicted octanol–water partition coefficient (Wildman–Crippen LogP) is 1.95. The largest absolute Gasteiger partial charge is 0.377 e. The number of aryl methyl sites for hydroxylation is 1. The van der Waals surface area contributed by atoms with Gasteiger partial charge in [0.15, 0.2) is 8.68 Å². The van der Waals surface area contributed by atoms with Crippen molar-refractivity contribution in [1.82, 2.24) is 9.71 Å². The van der Waals surface area contributed by atoms with Crippen LogP contribution in [0.4, 0.5) is 0 Å². The van der Waals surface area contributed by atoms with Crippen LogP contribution in [-0.4, -0.2) is 32.7 Å². The lowest BCUT2D eigenvalue weighted by Gasteiger charge is -2.40. The van der Waals surface area contributed by atoms with Crippen molar-refractivity contribution < 1.29 is 13.2 Å². The number of hydrogen-bond donors (Lipinski definition) is 1. The zero-order valence-corrected chi connectivity index (χ0v) is 12.6. The number of methoxy groups -OCH3 is 1. The molecule has 0 bridgehead atoms. The minimum atomic E-state index is -3.55. The first-order valence-corrected chi connectivity index (χ1v) is 8.24. The highest BCUT2D eigenvalue weighted by atomic mass is 35.5. The van der Waals surface area contributed by atoms with E-state index in [1.165, 1.54) is 0 Å². The maximum absolute atomic E-state index is 12.1. The first-order chi connectivity index (χ1) is 8.38. The lowest BCUT2D eigenvalue weighted by Crippen LogP contribution is -2.49. The third kappa shape index (κ3) is 2.70. The molecule has 0 aromatic carbocycles. The van der Waals surface area contributed by atoms with Crippen LogP contribution in [0.1, 0.15) is 25.0 Å². The SMILES string of the molecule is COC1(CNS(=O)(=O)c2sc(Cl)nc2C)CCC1. The monoisotopic (exact) mass is 310 g/mol. The summed E-state index contributed by atoms with van der Waals surface area (Å²) in [6.07, 6.45) is 2.84. The van der Waals surface area contributed by atoms with Crippen LogP contribution in [0.5, 0.6) is 0 Å². The smallest absolute Gasteiger partial charge is 0.252 e. The molecule has 2 rings (SSSR count). The number of rotatable bonds is 5. The van der Waals surface area contributed by atoms with E-state index in [1.54, 1.807) is 14.0 Å². The molecule has 0 amide bonds. The van der Waals surface area contributed by atoms with Gasteiger partial charge in [0.2, 0.25) is 0 Å². The lowest BCUT2D eigenvalue weighted by molar-refractivity contribution is -0.0659. The summed E-state index contributed by atoms with van der Waals surface area (Å²) in [6.45, 7) is 1.92. The average Bonchev–Trinajstić information content (AvgIpc) is 2.57. The summed E-state index contributed by atoms with van der Waals surface area (Å²) in [5, 5.41) is 0. The van der Waals surface area contributed by atoms with Crippen LogP contribution in [0.15, 0.2) is 4.21 Å². The molecule has 0 aliphatic heterocycles. The van der Waals surface area contributed by atoms with Gasteiger partial charge in [-0.15, -0.1) is 0 Å². The Morgan fingerprint density at radius 1 is 1.56 bits per heavy atom. The fourth-order valence-corrected chi connectivity index (χ4v) is 4.81. The van der Waals surface area contributed by atoms with E-state index in [9.17, 15) is 8.42 Å². The van der Waals surface area contributed by atoms with E-state index in [2.05, 4.69) is 9.71 Å². The van der Waals surface area contributed by atoms with E-state index in [1.807, 2.05) is 0 Å². The van der Waals surface area contributed by atoms with E-state index < -0.39 is 10.0 Å². The number of halogens is 1. The van der Waals surface area contributed by atoms with Gasteiger partial charge < -0.3 is 4.74 Å². The molecule has 18 heavy (non-hydrogen) atoms. The van der Waals surface area contributed by atoms with Crippen molar-refractivity contribution >= 4 is 33.0 Å². The van der Waals surface area contributed by atoms with Gasteiger partial charge in [-0.25, -0.2) is 18.1 Å². The molecule has 1 aromatic heterocycles. The van der Waals surface area contributed by atoms with Gasteiger partial charge in [-0.2, -0.15) is 0 Å². The van der Waals surface area contributed by atoms with Crippen molar-refractivity contribution in [3.8, 4) is 0 Å². The van der Waals surface area contributed by atoms with Gasteiger partial charge in [-0.3, -0.25) is 0 Å². The molecule has 1 saturated carbocycles. The van der Waals surface area contributed by atoms with E-state index in [4.69, 9.17) is 16.3 Å². The van der Waals surface area contributed by atoms with Crippen LogP contribution in [-0.2, 0) is 14.8 Å². The summed E-state index contributed by atoms with van der Waals surface area (Å²) in [6, 6.07) is 0. The normalized spacial score (nSPS) is 18.6. The molecule has 1 N–H and O–H groups in total. The standard InChI is InChI=1S/C10H15ClN2O3S2/c1-7-8(17-9(11)13-7)18(14,15)12-6-10(16-2)4-3-5-10/h12H,3-6H2,1-2H3. The number of thiazole rings is 1. The lowest BCUT2D eigenvalue weighted by atomic mass is 9.80. The number of nitrogens with zero attached hydrogens (tertiary/aromatic N) is 1. The van der Waals surface area contributed by atoms with Crippen LogP contribution < -0.4 is 4.72 Å². The molecule has 1 aromatic rings. The minimum Gasteiger partial charge on any atom is -0.377 e. The quantitative estimate of drug-likeness (QED) is 0.902. The summed E-state index contributed by atoms with van der Waals surface area (Å²) >= 11 is 6.69. The van der Waals surface area contributed by atoms with Gasteiger partial charge in [-0.05, 0) is 26.2 Å². The Labute approximate surface area is 116 Å². The number of hydrogen-bond acceptors (Lipinski definition) is 5. The summed E-state index contributed by atoms with van der Waals surface area (Å²) < 4.78 is 32.6. The molecule has 1 aliphatic rings. The van der Waals surface area contributed by atoms with Crippen LogP contribution >= 0.6 is 22.9 Å². The fourth-order valence-electron chi connectivity index (χ4n) is 1.92. The van der Waals surface area contributed by atoms with E-state index in [-0.39, 0.29) is 14.3 Å². The highest BCUT2D eigenvalue weighted by Crippen LogP contribution is 2.35. The zero-order valence-electron chi connectivity index (χ0n) is 10.2.